The van der Waals surface area contributed by atoms with Crippen LogP contribution in [-0.2, 0) is 14.3 Å². The predicted molar refractivity (Wildman–Crippen MR) is 61.1 cm³/mol. The quantitative estimate of drug-likeness (QED) is 0.605. The number of rotatable bonds is 7. The van der Waals surface area contributed by atoms with Gasteiger partial charge in [0.2, 0.25) is 0 Å². The minimum atomic E-state index is -0.419. The van der Waals surface area contributed by atoms with E-state index < -0.39 is 6.10 Å². The monoisotopic (exact) mass is 230 g/mol. The number of carbonyl (C=O) groups is 1. The SMILES string of the molecule is NCCCCCCNC(=O)C1COCCO1. The third-order valence-corrected chi connectivity index (χ3v) is 2.54. The fourth-order valence-corrected chi connectivity index (χ4v) is 1.59. The van der Waals surface area contributed by atoms with Crippen LogP contribution in [0.4, 0.5) is 0 Å². The Morgan fingerprint density at radius 1 is 1.25 bits per heavy atom. The molecule has 94 valence electrons. The summed E-state index contributed by atoms with van der Waals surface area (Å²) in [4.78, 5) is 11.6. The van der Waals surface area contributed by atoms with Gasteiger partial charge in [-0.2, -0.15) is 0 Å². The van der Waals surface area contributed by atoms with Gasteiger partial charge >= 0.3 is 0 Å². The van der Waals surface area contributed by atoms with E-state index in [0.29, 0.717) is 26.4 Å². The van der Waals surface area contributed by atoms with Crippen LogP contribution in [0.3, 0.4) is 0 Å². The van der Waals surface area contributed by atoms with Crippen LogP contribution in [0, 0.1) is 0 Å². The van der Waals surface area contributed by atoms with Gasteiger partial charge in [-0.15, -0.1) is 0 Å². The Hall–Kier alpha value is -0.650. The van der Waals surface area contributed by atoms with Crippen LogP contribution in [-0.4, -0.2) is 44.9 Å². The fourth-order valence-electron chi connectivity index (χ4n) is 1.59. The van der Waals surface area contributed by atoms with E-state index in [4.69, 9.17) is 15.2 Å². The molecule has 1 unspecified atom stereocenters. The van der Waals surface area contributed by atoms with Gasteiger partial charge in [-0.3, -0.25) is 4.79 Å². The molecule has 0 bridgehead atoms. The van der Waals surface area contributed by atoms with Crippen LogP contribution in [0.2, 0.25) is 0 Å². The van der Waals surface area contributed by atoms with Crippen molar-refractivity contribution in [1.82, 2.24) is 5.32 Å². The van der Waals surface area contributed by atoms with Crippen LogP contribution in [0.5, 0.6) is 0 Å². The van der Waals surface area contributed by atoms with Crippen molar-refractivity contribution in [3.63, 3.8) is 0 Å². The van der Waals surface area contributed by atoms with Crippen molar-refractivity contribution in [2.24, 2.45) is 5.73 Å². The van der Waals surface area contributed by atoms with E-state index in [-0.39, 0.29) is 5.91 Å². The highest BCUT2D eigenvalue weighted by atomic mass is 16.6. The van der Waals surface area contributed by atoms with Crippen LogP contribution in [0.25, 0.3) is 0 Å². The first-order valence-electron chi connectivity index (χ1n) is 6.01. The first-order valence-corrected chi connectivity index (χ1v) is 6.01. The third-order valence-electron chi connectivity index (χ3n) is 2.54. The van der Waals surface area contributed by atoms with Gasteiger partial charge < -0.3 is 20.5 Å². The molecule has 1 aliphatic heterocycles. The molecule has 1 saturated heterocycles. The Bertz CT molecular complexity index is 194. The van der Waals surface area contributed by atoms with E-state index in [9.17, 15) is 4.79 Å². The Morgan fingerprint density at radius 3 is 2.75 bits per heavy atom. The maximum absolute atomic E-state index is 11.6. The molecule has 1 heterocycles. The number of ether oxygens (including phenoxy) is 2. The molecule has 0 aromatic carbocycles. The zero-order chi connectivity index (χ0) is 11.6. The van der Waals surface area contributed by atoms with Gasteiger partial charge in [-0.05, 0) is 19.4 Å². The maximum atomic E-state index is 11.6. The molecule has 5 heteroatoms. The highest BCUT2D eigenvalue weighted by molar-refractivity contribution is 5.80. The number of hydrogen-bond donors (Lipinski definition) is 2. The summed E-state index contributed by atoms with van der Waals surface area (Å²) in [5.41, 5.74) is 5.39. The smallest absolute Gasteiger partial charge is 0.251 e. The molecule has 5 nitrogen and oxygen atoms in total. The normalized spacial score (nSPS) is 20.7. The lowest BCUT2D eigenvalue weighted by molar-refractivity contribution is -0.147. The highest BCUT2D eigenvalue weighted by Gasteiger charge is 2.21. The topological polar surface area (TPSA) is 73.6 Å². The minimum Gasteiger partial charge on any atom is -0.376 e. The van der Waals surface area contributed by atoms with E-state index in [2.05, 4.69) is 5.32 Å². The predicted octanol–water partition coefficient (Wildman–Crippen LogP) is 0.0371. The van der Waals surface area contributed by atoms with Crippen molar-refractivity contribution in [3.05, 3.63) is 0 Å². The molecule has 1 fully saturated rings. The Balaban J connectivity index is 1.97. The largest absolute Gasteiger partial charge is 0.376 e. The molecule has 0 spiro atoms. The lowest BCUT2D eigenvalue weighted by Gasteiger charge is -2.21. The molecule has 0 aromatic heterocycles. The molecule has 0 saturated carbocycles. The molecule has 1 amide bonds. The molecule has 0 radical (unpaired) electrons. The average molecular weight is 230 g/mol. The van der Waals surface area contributed by atoms with Crippen LogP contribution in [0.1, 0.15) is 25.7 Å². The number of nitrogens with two attached hydrogens (primary N) is 1. The number of hydrogen-bond acceptors (Lipinski definition) is 4. The van der Waals surface area contributed by atoms with Crippen LogP contribution >= 0.6 is 0 Å². The van der Waals surface area contributed by atoms with E-state index in [0.717, 1.165) is 32.2 Å². The van der Waals surface area contributed by atoms with Gasteiger partial charge in [-0.25, -0.2) is 0 Å². The molecule has 0 aliphatic carbocycles. The summed E-state index contributed by atoms with van der Waals surface area (Å²) in [5, 5.41) is 2.85. The molecular formula is C11H22N2O3. The van der Waals surface area contributed by atoms with E-state index in [1.54, 1.807) is 0 Å². The Kier molecular flexibility index (Phi) is 7.12. The number of nitrogens with one attached hydrogen (secondary N) is 1. The number of amides is 1. The molecular weight excluding hydrogens is 208 g/mol. The molecule has 1 atom stereocenters. The molecule has 0 aromatic rings. The fraction of sp³-hybridized carbons (Fsp3) is 0.909. The lowest BCUT2D eigenvalue weighted by atomic mass is 10.2. The summed E-state index contributed by atoms with van der Waals surface area (Å²) >= 11 is 0. The second kappa shape index (κ2) is 8.50. The summed E-state index contributed by atoms with van der Waals surface area (Å²) in [6.45, 7) is 2.93. The second-order valence-electron chi connectivity index (χ2n) is 3.93. The second-order valence-corrected chi connectivity index (χ2v) is 3.93. The van der Waals surface area contributed by atoms with Crippen molar-refractivity contribution >= 4 is 5.91 Å². The standard InChI is InChI=1S/C11H22N2O3/c12-5-3-1-2-4-6-13-11(14)10-9-15-7-8-16-10/h10H,1-9,12H2,(H,13,14). The zero-order valence-corrected chi connectivity index (χ0v) is 9.74. The third kappa shape index (κ3) is 5.44. The van der Waals surface area contributed by atoms with E-state index in [1.165, 1.54) is 0 Å². The van der Waals surface area contributed by atoms with Gasteiger partial charge in [0, 0.05) is 6.54 Å². The number of unbranched alkanes of at least 4 members (excludes halogenated alkanes) is 3. The lowest BCUT2D eigenvalue weighted by Crippen LogP contribution is -2.43. The van der Waals surface area contributed by atoms with Crippen LogP contribution in [0.15, 0.2) is 0 Å². The summed E-state index contributed by atoms with van der Waals surface area (Å²) < 4.78 is 10.4. The van der Waals surface area contributed by atoms with E-state index >= 15 is 0 Å². The number of carbonyl (C=O) groups excluding carboxylic acids is 1. The first kappa shape index (κ1) is 13.4. The van der Waals surface area contributed by atoms with Gasteiger partial charge in [-0.1, -0.05) is 12.8 Å². The van der Waals surface area contributed by atoms with Crippen molar-refractivity contribution in [2.75, 3.05) is 32.9 Å². The summed E-state index contributed by atoms with van der Waals surface area (Å²) in [7, 11) is 0. The molecule has 1 aliphatic rings. The van der Waals surface area contributed by atoms with Crippen molar-refractivity contribution in [1.29, 1.82) is 0 Å². The van der Waals surface area contributed by atoms with Crippen LogP contribution < -0.4 is 11.1 Å². The highest BCUT2D eigenvalue weighted by Crippen LogP contribution is 2.01. The Morgan fingerprint density at radius 2 is 2.06 bits per heavy atom. The van der Waals surface area contributed by atoms with Crippen molar-refractivity contribution < 1.29 is 14.3 Å². The van der Waals surface area contributed by atoms with Crippen molar-refractivity contribution in [2.45, 2.75) is 31.8 Å². The first-order chi connectivity index (χ1) is 7.84. The Labute approximate surface area is 96.7 Å². The molecule has 16 heavy (non-hydrogen) atoms. The van der Waals surface area contributed by atoms with Crippen molar-refractivity contribution in [3.8, 4) is 0 Å². The summed E-state index contributed by atoms with van der Waals surface area (Å²) in [6.07, 6.45) is 3.89. The zero-order valence-electron chi connectivity index (χ0n) is 9.74. The van der Waals surface area contributed by atoms with E-state index in [1.807, 2.05) is 0 Å². The maximum Gasteiger partial charge on any atom is 0.251 e. The van der Waals surface area contributed by atoms with Gasteiger partial charge in [0.1, 0.15) is 0 Å². The molecule has 1 rings (SSSR count). The van der Waals surface area contributed by atoms with Gasteiger partial charge in [0.05, 0.1) is 19.8 Å². The van der Waals surface area contributed by atoms with Gasteiger partial charge in [0.25, 0.3) is 5.91 Å². The molecule has 3 N–H and O–H groups in total. The van der Waals surface area contributed by atoms with Gasteiger partial charge in [0.15, 0.2) is 6.10 Å². The summed E-state index contributed by atoms with van der Waals surface area (Å²) in [6, 6.07) is 0. The average Bonchev–Trinajstić information content (AvgIpc) is 2.34. The summed E-state index contributed by atoms with van der Waals surface area (Å²) in [5.74, 6) is -0.0569. The minimum absolute atomic E-state index is 0.0569.